The molecular formula is C26H25ClF2N4O3S. The second-order valence-electron chi connectivity index (χ2n) is 9.05. The normalized spacial score (nSPS) is 17.7. The van der Waals surface area contributed by atoms with Crippen LogP contribution in [0.25, 0.3) is 22.0 Å². The van der Waals surface area contributed by atoms with Gasteiger partial charge in [0.05, 0.1) is 23.2 Å². The molecule has 3 heterocycles. The fourth-order valence-electron chi connectivity index (χ4n) is 4.96. The van der Waals surface area contributed by atoms with Crippen LogP contribution in [0.3, 0.4) is 0 Å². The van der Waals surface area contributed by atoms with E-state index in [4.69, 9.17) is 16.3 Å². The predicted molar refractivity (Wildman–Crippen MR) is 142 cm³/mol. The average Bonchev–Trinajstić information content (AvgIpc) is 3.09. The zero-order valence-corrected chi connectivity index (χ0v) is 22.0. The largest absolute Gasteiger partial charge is 0.379 e. The highest BCUT2D eigenvalue weighted by Crippen LogP contribution is 2.44. The number of anilines is 1. The zero-order valence-electron chi connectivity index (χ0n) is 20.4. The number of aromatic nitrogens is 2. The molecule has 0 radical (unpaired) electrons. The van der Waals surface area contributed by atoms with Crippen molar-refractivity contribution in [2.75, 3.05) is 43.9 Å². The third-order valence-electron chi connectivity index (χ3n) is 6.87. The molecular weight excluding hydrogens is 522 g/mol. The number of hydrogen-bond acceptors (Lipinski definition) is 6. The number of carbonyl (C=O) groups is 1. The fraction of sp³-hybridized carbons (Fsp3) is 0.346. The van der Waals surface area contributed by atoms with Crippen LogP contribution in [0.15, 0.2) is 40.5 Å². The van der Waals surface area contributed by atoms with Gasteiger partial charge in [-0.3, -0.25) is 9.36 Å². The Bertz CT molecular complexity index is 1490. The quantitative estimate of drug-likeness (QED) is 0.360. The minimum absolute atomic E-state index is 0.136. The zero-order chi connectivity index (χ0) is 26.4. The summed E-state index contributed by atoms with van der Waals surface area (Å²) in [6.45, 7) is 7.63. The summed E-state index contributed by atoms with van der Waals surface area (Å²) in [4.78, 5) is 34.3. The molecule has 1 atom stereocenters. The summed E-state index contributed by atoms with van der Waals surface area (Å²) >= 11 is 7.51. The first-order valence-electron chi connectivity index (χ1n) is 11.8. The number of amides is 1. The second kappa shape index (κ2) is 10.1. The van der Waals surface area contributed by atoms with Crippen molar-refractivity contribution in [2.45, 2.75) is 24.5 Å². The summed E-state index contributed by atoms with van der Waals surface area (Å²) < 4.78 is 36.3. The number of piperazine rings is 1. The van der Waals surface area contributed by atoms with Gasteiger partial charge in [-0.1, -0.05) is 18.2 Å². The van der Waals surface area contributed by atoms with Gasteiger partial charge in [0.2, 0.25) is 5.91 Å². The third-order valence-corrected chi connectivity index (χ3v) is 8.39. The summed E-state index contributed by atoms with van der Waals surface area (Å²) in [6.07, 6.45) is 1.02. The van der Waals surface area contributed by atoms with Gasteiger partial charge in [-0.2, -0.15) is 4.98 Å². The minimum Gasteiger partial charge on any atom is -0.379 e. The van der Waals surface area contributed by atoms with Crippen LogP contribution in [0.2, 0.25) is 5.02 Å². The van der Waals surface area contributed by atoms with E-state index in [9.17, 15) is 14.0 Å². The standard InChI is InChI=1S/C26H25ClF2N4O3S/c1-4-21(34)31-5-7-32(8-6-31)25-17-9-14(2)22(16-10-18(27)20(29)11-19(16)28)24-23(17)33(26(35)30-25)12-15(36-3)13-37-24/h4,9-11,15H,1,5-8,12-13H2,2-3H3/t15-/m0/s1. The van der Waals surface area contributed by atoms with E-state index in [0.717, 1.165) is 17.0 Å². The lowest BCUT2D eigenvalue weighted by Gasteiger charge is -2.35. The maximum Gasteiger partial charge on any atom is 0.350 e. The van der Waals surface area contributed by atoms with Gasteiger partial charge in [0.1, 0.15) is 17.5 Å². The van der Waals surface area contributed by atoms with Crippen LogP contribution in [0.1, 0.15) is 5.56 Å². The van der Waals surface area contributed by atoms with Gasteiger partial charge in [-0.05, 0) is 30.7 Å². The molecule has 194 valence electrons. The Morgan fingerprint density at radius 3 is 2.62 bits per heavy atom. The van der Waals surface area contributed by atoms with E-state index in [2.05, 4.69) is 11.6 Å². The maximum atomic E-state index is 15.1. The molecule has 1 aromatic heterocycles. The smallest absolute Gasteiger partial charge is 0.350 e. The number of methoxy groups -OCH3 is 1. The van der Waals surface area contributed by atoms with Crippen molar-refractivity contribution in [3.8, 4) is 11.1 Å². The molecule has 2 aromatic carbocycles. The van der Waals surface area contributed by atoms with Gasteiger partial charge in [0, 0.05) is 66.5 Å². The summed E-state index contributed by atoms with van der Waals surface area (Å²) in [5.74, 6) is -0.663. The number of carbonyl (C=O) groups excluding carboxylic acids is 1. The highest BCUT2D eigenvalue weighted by Gasteiger charge is 2.29. The molecule has 11 heteroatoms. The summed E-state index contributed by atoms with van der Waals surface area (Å²) in [5.41, 5.74) is 1.65. The van der Waals surface area contributed by atoms with Crippen LogP contribution in [-0.4, -0.2) is 65.5 Å². The number of halogens is 3. The van der Waals surface area contributed by atoms with Crippen molar-refractivity contribution in [1.29, 1.82) is 0 Å². The third kappa shape index (κ3) is 4.51. The molecule has 0 saturated carbocycles. The van der Waals surface area contributed by atoms with Crippen LogP contribution in [0.5, 0.6) is 0 Å². The SMILES string of the molecule is C=CC(=O)N1CCN(c2nc(=O)n3c4c(c(-c5cc(Cl)c(F)cc5F)c(C)cc24)SC[C@@H](OC)C3)CC1. The lowest BCUT2D eigenvalue weighted by molar-refractivity contribution is -0.126. The topological polar surface area (TPSA) is 67.7 Å². The first kappa shape index (κ1) is 25.7. The number of ether oxygens (including phenoxy) is 1. The Balaban J connectivity index is 1.74. The molecule has 0 unspecified atom stereocenters. The van der Waals surface area contributed by atoms with E-state index in [1.54, 1.807) is 16.6 Å². The molecule has 0 spiro atoms. The summed E-state index contributed by atoms with van der Waals surface area (Å²) in [7, 11) is 1.58. The number of rotatable bonds is 4. The number of benzene rings is 2. The molecule has 0 N–H and O–H groups in total. The summed E-state index contributed by atoms with van der Waals surface area (Å²) in [6, 6.07) is 3.96. The Morgan fingerprint density at radius 2 is 1.95 bits per heavy atom. The fourth-order valence-corrected chi connectivity index (χ4v) is 6.49. The molecule has 0 aliphatic carbocycles. The van der Waals surface area contributed by atoms with Crippen molar-refractivity contribution in [2.24, 2.45) is 0 Å². The summed E-state index contributed by atoms with van der Waals surface area (Å²) in [5, 5.41) is 0.563. The Kier molecular flexibility index (Phi) is 6.99. The van der Waals surface area contributed by atoms with Crippen molar-refractivity contribution >= 4 is 46.0 Å². The number of thioether (sulfide) groups is 1. The van der Waals surface area contributed by atoms with Crippen LogP contribution < -0.4 is 10.6 Å². The van der Waals surface area contributed by atoms with E-state index in [1.165, 1.54) is 23.9 Å². The van der Waals surface area contributed by atoms with E-state index >= 15 is 4.39 Å². The van der Waals surface area contributed by atoms with Crippen molar-refractivity contribution in [3.63, 3.8) is 0 Å². The first-order chi connectivity index (χ1) is 17.7. The molecule has 1 fully saturated rings. The van der Waals surface area contributed by atoms with Crippen molar-refractivity contribution < 1.29 is 18.3 Å². The van der Waals surface area contributed by atoms with E-state index in [-0.39, 0.29) is 29.1 Å². The van der Waals surface area contributed by atoms with Crippen molar-refractivity contribution in [3.05, 3.63) is 63.6 Å². The van der Waals surface area contributed by atoms with Crippen molar-refractivity contribution in [1.82, 2.24) is 14.5 Å². The number of hydrogen-bond donors (Lipinski definition) is 0. The molecule has 7 nitrogen and oxygen atoms in total. The van der Waals surface area contributed by atoms with Crippen LogP contribution in [0.4, 0.5) is 14.6 Å². The van der Waals surface area contributed by atoms with Crippen LogP contribution in [0, 0.1) is 18.6 Å². The minimum atomic E-state index is -0.836. The molecule has 1 saturated heterocycles. The lowest BCUT2D eigenvalue weighted by atomic mass is 9.97. The molecule has 2 aliphatic rings. The van der Waals surface area contributed by atoms with Gasteiger partial charge in [-0.25, -0.2) is 13.6 Å². The molecule has 37 heavy (non-hydrogen) atoms. The van der Waals surface area contributed by atoms with E-state index in [0.29, 0.717) is 53.7 Å². The van der Waals surface area contributed by atoms with E-state index in [1.807, 2.05) is 17.9 Å². The van der Waals surface area contributed by atoms with Gasteiger partial charge in [-0.15, -0.1) is 11.8 Å². The second-order valence-corrected chi connectivity index (χ2v) is 10.5. The lowest BCUT2D eigenvalue weighted by Crippen LogP contribution is -2.49. The Labute approximate surface area is 221 Å². The molecule has 5 rings (SSSR count). The molecule has 3 aromatic rings. The molecule has 1 amide bonds. The highest BCUT2D eigenvalue weighted by molar-refractivity contribution is 7.99. The monoisotopic (exact) mass is 546 g/mol. The molecule has 0 bridgehead atoms. The predicted octanol–water partition coefficient (Wildman–Crippen LogP) is 4.26. The average molecular weight is 547 g/mol. The highest BCUT2D eigenvalue weighted by atomic mass is 35.5. The Morgan fingerprint density at radius 1 is 1.22 bits per heavy atom. The maximum absolute atomic E-state index is 15.1. The van der Waals surface area contributed by atoms with Gasteiger partial charge >= 0.3 is 5.69 Å². The Hall–Kier alpha value is -2.95. The first-order valence-corrected chi connectivity index (χ1v) is 13.1. The van der Waals surface area contributed by atoms with Gasteiger partial charge < -0.3 is 14.5 Å². The van der Waals surface area contributed by atoms with Crippen LogP contribution in [-0.2, 0) is 16.1 Å². The number of nitrogens with zero attached hydrogens (tertiary/aromatic N) is 4. The molecule has 2 aliphatic heterocycles. The number of aryl methyl sites for hydroxylation is 1. The van der Waals surface area contributed by atoms with Crippen LogP contribution >= 0.6 is 23.4 Å². The van der Waals surface area contributed by atoms with E-state index < -0.39 is 17.3 Å². The van der Waals surface area contributed by atoms with Gasteiger partial charge in [0.25, 0.3) is 0 Å². The van der Waals surface area contributed by atoms with Gasteiger partial charge in [0.15, 0.2) is 0 Å².